The maximum atomic E-state index is 5.16. The topological polar surface area (TPSA) is 39.1 Å². The Morgan fingerprint density at radius 1 is 1.43 bits per heavy atom. The van der Waals surface area contributed by atoms with Gasteiger partial charge in [0, 0.05) is 20.2 Å². The second-order valence-corrected chi connectivity index (χ2v) is 3.10. The molecule has 2 aromatic rings. The molecular formula is C10H13N3O. The molecule has 1 aromatic heterocycles. The fourth-order valence-corrected chi connectivity index (χ4v) is 1.52. The summed E-state index contributed by atoms with van der Waals surface area (Å²) in [6, 6.07) is 5.84. The molecule has 4 nitrogen and oxygen atoms in total. The van der Waals surface area contributed by atoms with Gasteiger partial charge in [0.25, 0.3) is 0 Å². The number of aryl methyl sites for hydroxylation is 1. The molecule has 14 heavy (non-hydrogen) atoms. The van der Waals surface area contributed by atoms with Crippen LogP contribution >= 0.6 is 0 Å². The zero-order valence-corrected chi connectivity index (χ0v) is 8.53. The Balaban J connectivity index is 2.68. The molecule has 0 aliphatic heterocycles. The molecule has 1 N–H and O–H groups in total. The van der Waals surface area contributed by atoms with Crippen LogP contribution in [-0.2, 0) is 7.05 Å². The lowest BCUT2D eigenvalue weighted by atomic mass is 10.3. The minimum atomic E-state index is 0.850. The number of benzene rings is 1. The highest BCUT2D eigenvalue weighted by atomic mass is 16.5. The van der Waals surface area contributed by atoms with Gasteiger partial charge in [-0.2, -0.15) is 0 Å². The Morgan fingerprint density at radius 2 is 2.21 bits per heavy atom. The summed E-state index contributed by atoms with van der Waals surface area (Å²) in [5.41, 5.74) is 2.03. The van der Waals surface area contributed by atoms with E-state index >= 15 is 0 Å². The number of nitrogens with one attached hydrogen (secondary N) is 1. The maximum Gasteiger partial charge on any atom is 0.203 e. The first kappa shape index (κ1) is 8.87. The van der Waals surface area contributed by atoms with Crippen LogP contribution in [0, 0.1) is 0 Å². The SMILES string of the molecule is CNc1nc2ccc(OC)cc2n1C. The highest BCUT2D eigenvalue weighted by Crippen LogP contribution is 2.22. The van der Waals surface area contributed by atoms with Crippen LogP contribution in [0.1, 0.15) is 0 Å². The number of nitrogens with zero attached hydrogens (tertiary/aromatic N) is 2. The average molecular weight is 191 g/mol. The van der Waals surface area contributed by atoms with Gasteiger partial charge in [-0.15, -0.1) is 0 Å². The number of methoxy groups -OCH3 is 1. The molecule has 0 aliphatic rings. The van der Waals surface area contributed by atoms with Gasteiger partial charge in [-0.1, -0.05) is 0 Å². The van der Waals surface area contributed by atoms with Crippen LogP contribution in [0.15, 0.2) is 18.2 Å². The van der Waals surface area contributed by atoms with Crippen molar-refractivity contribution < 1.29 is 4.74 Å². The van der Waals surface area contributed by atoms with Gasteiger partial charge in [-0.25, -0.2) is 4.98 Å². The first-order chi connectivity index (χ1) is 6.76. The van der Waals surface area contributed by atoms with E-state index in [0.29, 0.717) is 0 Å². The van der Waals surface area contributed by atoms with Gasteiger partial charge >= 0.3 is 0 Å². The van der Waals surface area contributed by atoms with Crippen molar-refractivity contribution in [3.63, 3.8) is 0 Å². The number of rotatable bonds is 2. The molecule has 0 unspecified atom stereocenters. The highest BCUT2D eigenvalue weighted by molar-refractivity contribution is 5.80. The molecule has 0 atom stereocenters. The van der Waals surface area contributed by atoms with E-state index < -0.39 is 0 Å². The fraction of sp³-hybridized carbons (Fsp3) is 0.300. The number of imidazole rings is 1. The van der Waals surface area contributed by atoms with Gasteiger partial charge in [0.05, 0.1) is 18.1 Å². The second-order valence-electron chi connectivity index (χ2n) is 3.10. The quantitative estimate of drug-likeness (QED) is 0.784. The van der Waals surface area contributed by atoms with E-state index in [1.807, 2.05) is 36.9 Å². The summed E-state index contributed by atoms with van der Waals surface area (Å²) >= 11 is 0. The standard InChI is InChI=1S/C10H13N3O/c1-11-10-12-8-5-4-7(14-3)6-9(8)13(10)2/h4-6H,1-3H3,(H,11,12). The molecule has 0 fully saturated rings. The van der Waals surface area contributed by atoms with Crippen molar-refractivity contribution in [2.75, 3.05) is 19.5 Å². The van der Waals surface area contributed by atoms with Crippen molar-refractivity contribution in [3.05, 3.63) is 18.2 Å². The van der Waals surface area contributed by atoms with Crippen molar-refractivity contribution in [3.8, 4) is 5.75 Å². The molecule has 74 valence electrons. The van der Waals surface area contributed by atoms with Gasteiger partial charge in [0.15, 0.2) is 0 Å². The molecule has 0 bridgehead atoms. The summed E-state index contributed by atoms with van der Waals surface area (Å²) < 4.78 is 7.16. The molecule has 0 saturated heterocycles. The van der Waals surface area contributed by atoms with Crippen LogP contribution in [-0.4, -0.2) is 23.7 Å². The molecule has 0 radical (unpaired) electrons. The Morgan fingerprint density at radius 3 is 2.86 bits per heavy atom. The van der Waals surface area contributed by atoms with Crippen molar-refractivity contribution in [1.29, 1.82) is 0 Å². The molecule has 1 aromatic carbocycles. The minimum absolute atomic E-state index is 0.850. The normalized spacial score (nSPS) is 10.5. The van der Waals surface area contributed by atoms with Crippen LogP contribution in [0.25, 0.3) is 11.0 Å². The smallest absolute Gasteiger partial charge is 0.203 e. The van der Waals surface area contributed by atoms with Gasteiger partial charge < -0.3 is 14.6 Å². The van der Waals surface area contributed by atoms with E-state index in [0.717, 1.165) is 22.7 Å². The predicted molar refractivity (Wildman–Crippen MR) is 56.8 cm³/mol. The van der Waals surface area contributed by atoms with Crippen LogP contribution in [0.2, 0.25) is 0 Å². The van der Waals surface area contributed by atoms with Crippen LogP contribution in [0.5, 0.6) is 5.75 Å². The number of ether oxygens (including phenoxy) is 1. The first-order valence-electron chi connectivity index (χ1n) is 4.44. The summed E-state index contributed by atoms with van der Waals surface area (Å²) in [6.07, 6.45) is 0. The Hall–Kier alpha value is -1.71. The molecule has 0 saturated carbocycles. The summed E-state index contributed by atoms with van der Waals surface area (Å²) in [6.45, 7) is 0. The maximum absolute atomic E-state index is 5.16. The largest absolute Gasteiger partial charge is 0.497 e. The van der Waals surface area contributed by atoms with E-state index in [-0.39, 0.29) is 0 Å². The molecule has 1 heterocycles. The van der Waals surface area contributed by atoms with E-state index in [2.05, 4.69) is 10.3 Å². The third-order valence-corrected chi connectivity index (χ3v) is 2.31. The van der Waals surface area contributed by atoms with Crippen LogP contribution < -0.4 is 10.1 Å². The summed E-state index contributed by atoms with van der Waals surface area (Å²) in [4.78, 5) is 4.40. The van der Waals surface area contributed by atoms with Gasteiger partial charge in [-0.05, 0) is 12.1 Å². The van der Waals surface area contributed by atoms with Crippen molar-refractivity contribution >= 4 is 17.0 Å². The highest BCUT2D eigenvalue weighted by Gasteiger charge is 2.06. The number of fused-ring (bicyclic) bond motifs is 1. The van der Waals surface area contributed by atoms with Gasteiger partial charge in [-0.3, -0.25) is 0 Å². The lowest BCUT2D eigenvalue weighted by molar-refractivity contribution is 0.415. The lowest BCUT2D eigenvalue weighted by Gasteiger charge is -2.01. The molecule has 0 aliphatic carbocycles. The molecular weight excluding hydrogens is 178 g/mol. The second kappa shape index (κ2) is 3.21. The van der Waals surface area contributed by atoms with Crippen molar-refractivity contribution in [1.82, 2.24) is 9.55 Å². The predicted octanol–water partition coefficient (Wildman–Crippen LogP) is 1.62. The molecule has 0 spiro atoms. The number of hydrogen-bond donors (Lipinski definition) is 1. The third kappa shape index (κ3) is 1.19. The number of aromatic nitrogens is 2. The van der Waals surface area contributed by atoms with Crippen LogP contribution in [0.3, 0.4) is 0 Å². The zero-order valence-electron chi connectivity index (χ0n) is 8.53. The Kier molecular flexibility index (Phi) is 2.04. The minimum Gasteiger partial charge on any atom is -0.497 e. The average Bonchev–Trinajstić information content (AvgIpc) is 2.55. The summed E-state index contributed by atoms with van der Waals surface area (Å²) in [7, 11) is 5.50. The zero-order chi connectivity index (χ0) is 10.1. The van der Waals surface area contributed by atoms with Gasteiger partial charge in [0.2, 0.25) is 5.95 Å². The number of hydrogen-bond acceptors (Lipinski definition) is 3. The van der Waals surface area contributed by atoms with Crippen molar-refractivity contribution in [2.24, 2.45) is 7.05 Å². The monoisotopic (exact) mass is 191 g/mol. The van der Waals surface area contributed by atoms with E-state index in [1.165, 1.54) is 0 Å². The van der Waals surface area contributed by atoms with E-state index in [9.17, 15) is 0 Å². The Bertz CT molecular complexity index is 462. The van der Waals surface area contributed by atoms with E-state index in [4.69, 9.17) is 4.74 Å². The lowest BCUT2D eigenvalue weighted by Crippen LogP contribution is -1.97. The molecule has 0 amide bonds. The van der Waals surface area contributed by atoms with Crippen molar-refractivity contribution in [2.45, 2.75) is 0 Å². The molecule has 4 heteroatoms. The fourth-order valence-electron chi connectivity index (χ4n) is 1.52. The summed E-state index contributed by atoms with van der Waals surface area (Å²) in [5, 5.41) is 3.03. The summed E-state index contributed by atoms with van der Waals surface area (Å²) in [5.74, 6) is 1.71. The van der Waals surface area contributed by atoms with Gasteiger partial charge in [0.1, 0.15) is 5.75 Å². The first-order valence-corrected chi connectivity index (χ1v) is 4.44. The van der Waals surface area contributed by atoms with E-state index in [1.54, 1.807) is 7.11 Å². The van der Waals surface area contributed by atoms with Crippen LogP contribution in [0.4, 0.5) is 5.95 Å². The number of anilines is 1. The Labute approximate surface area is 82.5 Å². The molecule has 2 rings (SSSR count). The third-order valence-electron chi connectivity index (χ3n) is 2.31.